The quantitative estimate of drug-likeness (QED) is 0.325. The van der Waals surface area contributed by atoms with Crippen molar-refractivity contribution in [2.75, 3.05) is 6.54 Å². The molecule has 1 unspecified atom stereocenters. The van der Waals surface area contributed by atoms with E-state index >= 15 is 0 Å². The van der Waals surface area contributed by atoms with Gasteiger partial charge in [0.05, 0.1) is 5.92 Å². The number of carboxylic acids is 2. The van der Waals surface area contributed by atoms with Crippen molar-refractivity contribution in [3.05, 3.63) is 10.4 Å². The van der Waals surface area contributed by atoms with Gasteiger partial charge in [0.15, 0.2) is 0 Å². The highest BCUT2D eigenvalue weighted by atomic mass is 16.4. The zero-order valence-electron chi connectivity index (χ0n) is 7.65. The number of aliphatic carboxylic acids is 2. The molecule has 0 aromatic carbocycles. The maximum absolute atomic E-state index is 10.7. The number of nitrogens with zero attached hydrogens (tertiary/aromatic N) is 3. The first-order valence-corrected chi connectivity index (χ1v) is 4.22. The molecule has 4 N–H and O–H groups in total. The third-order valence-corrected chi connectivity index (χ3v) is 2.57. The fourth-order valence-electron chi connectivity index (χ4n) is 1.77. The normalized spacial score (nSPS) is 30.1. The third kappa shape index (κ3) is 2.17. The summed E-state index contributed by atoms with van der Waals surface area (Å²) in [6.45, 7) is -0.0287. The van der Waals surface area contributed by atoms with Crippen molar-refractivity contribution in [1.29, 1.82) is 0 Å². The van der Waals surface area contributed by atoms with E-state index in [-0.39, 0.29) is 6.54 Å². The van der Waals surface area contributed by atoms with Crippen LogP contribution in [0.3, 0.4) is 0 Å². The van der Waals surface area contributed by atoms with Gasteiger partial charge in [-0.15, -0.1) is 0 Å². The minimum absolute atomic E-state index is 0.0287. The third-order valence-electron chi connectivity index (χ3n) is 2.57. The van der Waals surface area contributed by atoms with Gasteiger partial charge in [-0.05, 0) is 11.4 Å². The van der Waals surface area contributed by atoms with Crippen LogP contribution in [0.1, 0.15) is 0 Å². The molecule has 82 valence electrons. The lowest BCUT2D eigenvalue weighted by Crippen LogP contribution is -2.34. The first kappa shape index (κ1) is 11.3. The Balaban J connectivity index is 2.68. The number of rotatable bonds is 5. The van der Waals surface area contributed by atoms with Gasteiger partial charge in [-0.3, -0.25) is 9.59 Å². The van der Waals surface area contributed by atoms with Crippen LogP contribution in [0.2, 0.25) is 0 Å². The summed E-state index contributed by atoms with van der Waals surface area (Å²) in [6, 6.07) is -1.22. The molecule has 8 heteroatoms. The minimum Gasteiger partial charge on any atom is -0.481 e. The van der Waals surface area contributed by atoms with Gasteiger partial charge in [0, 0.05) is 17.4 Å². The van der Waals surface area contributed by atoms with Crippen molar-refractivity contribution in [1.82, 2.24) is 0 Å². The fourth-order valence-corrected chi connectivity index (χ4v) is 1.77. The van der Waals surface area contributed by atoms with Crippen LogP contribution in [0.5, 0.6) is 0 Å². The lowest BCUT2D eigenvalue weighted by atomic mass is 10.1. The number of hydrogen-bond acceptors (Lipinski definition) is 4. The van der Waals surface area contributed by atoms with E-state index in [2.05, 4.69) is 10.0 Å². The Morgan fingerprint density at radius 2 is 2.13 bits per heavy atom. The summed E-state index contributed by atoms with van der Waals surface area (Å²) in [4.78, 5) is 23.7. The molecule has 0 aromatic rings. The van der Waals surface area contributed by atoms with Crippen LogP contribution < -0.4 is 5.73 Å². The van der Waals surface area contributed by atoms with Crippen molar-refractivity contribution in [3.8, 4) is 0 Å². The summed E-state index contributed by atoms with van der Waals surface area (Å²) in [7, 11) is 0. The van der Waals surface area contributed by atoms with E-state index in [1.165, 1.54) is 0 Å². The van der Waals surface area contributed by atoms with E-state index in [1.54, 1.807) is 0 Å². The Morgan fingerprint density at radius 3 is 2.53 bits per heavy atom. The van der Waals surface area contributed by atoms with E-state index in [1.807, 2.05) is 0 Å². The summed E-state index contributed by atoms with van der Waals surface area (Å²) in [5, 5.41) is 20.6. The molecule has 8 nitrogen and oxygen atoms in total. The second kappa shape index (κ2) is 4.16. The Hall–Kier alpha value is -1.79. The largest absolute Gasteiger partial charge is 0.481 e. The van der Waals surface area contributed by atoms with Gasteiger partial charge in [-0.25, -0.2) is 0 Å². The number of nitrogens with two attached hydrogens (primary N) is 1. The van der Waals surface area contributed by atoms with Crippen molar-refractivity contribution in [2.24, 2.45) is 28.6 Å². The molecule has 1 saturated carbocycles. The first-order valence-electron chi connectivity index (χ1n) is 4.22. The molecule has 15 heavy (non-hydrogen) atoms. The molecule has 4 atom stereocenters. The van der Waals surface area contributed by atoms with Crippen LogP contribution in [-0.4, -0.2) is 34.7 Å². The minimum atomic E-state index is -1.24. The number of azide groups is 1. The van der Waals surface area contributed by atoms with Gasteiger partial charge in [0.25, 0.3) is 0 Å². The highest BCUT2D eigenvalue weighted by Gasteiger charge is 2.58. The molecular weight excluding hydrogens is 204 g/mol. The topological polar surface area (TPSA) is 149 Å². The Labute approximate surface area is 84.3 Å². The highest BCUT2D eigenvalue weighted by Crippen LogP contribution is 2.48. The van der Waals surface area contributed by atoms with Crippen LogP contribution in [-0.2, 0) is 9.59 Å². The Bertz CT molecular complexity index is 338. The zero-order valence-corrected chi connectivity index (χ0v) is 7.65. The maximum atomic E-state index is 10.7. The van der Waals surface area contributed by atoms with Gasteiger partial charge >= 0.3 is 11.9 Å². The smallest absolute Gasteiger partial charge is 0.320 e. The van der Waals surface area contributed by atoms with Gasteiger partial charge in [0.2, 0.25) is 0 Å². The molecule has 1 fully saturated rings. The molecule has 0 aliphatic heterocycles. The van der Waals surface area contributed by atoms with Crippen LogP contribution >= 0.6 is 0 Å². The molecule has 1 rings (SSSR count). The molecule has 1 aliphatic carbocycles. The predicted molar refractivity (Wildman–Crippen MR) is 47.7 cm³/mol. The lowest BCUT2D eigenvalue weighted by Gasteiger charge is -2.03. The molecule has 0 aromatic heterocycles. The van der Waals surface area contributed by atoms with Crippen LogP contribution in [0, 0.1) is 17.8 Å². The summed E-state index contributed by atoms with van der Waals surface area (Å²) < 4.78 is 0. The van der Waals surface area contributed by atoms with Gasteiger partial charge in [-0.2, -0.15) is 0 Å². The Kier molecular flexibility index (Phi) is 3.13. The maximum Gasteiger partial charge on any atom is 0.320 e. The number of hydrogen-bond donors (Lipinski definition) is 3. The molecule has 1 aliphatic rings. The average Bonchev–Trinajstić information content (AvgIpc) is 2.87. The molecule has 0 radical (unpaired) electrons. The summed E-state index contributed by atoms with van der Waals surface area (Å²) in [5.74, 6) is -4.28. The Morgan fingerprint density at radius 1 is 1.53 bits per heavy atom. The first-order chi connectivity index (χ1) is 7.00. The highest BCUT2D eigenvalue weighted by molar-refractivity contribution is 5.80. The molecule has 0 amide bonds. The lowest BCUT2D eigenvalue weighted by molar-refractivity contribution is -0.140. The zero-order chi connectivity index (χ0) is 11.6. The van der Waals surface area contributed by atoms with Crippen molar-refractivity contribution in [3.63, 3.8) is 0 Å². The fraction of sp³-hybridized carbons (Fsp3) is 0.714. The van der Waals surface area contributed by atoms with Gasteiger partial charge in [0.1, 0.15) is 6.04 Å². The summed E-state index contributed by atoms with van der Waals surface area (Å²) in [6.07, 6.45) is 0. The monoisotopic (exact) mass is 214 g/mol. The van der Waals surface area contributed by atoms with Crippen molar-refractivity contribution in [2.45, 2.75) is 6.04 Å². The standard InChI is InChI=1S/C7H10N4O4/c8-5(7(14)15)3-2(1-10-11-9)4(3)6(12)13/h2-5H,1,8H2,(H,12,13)(H,14,15)/t2-,3+,4+,5?/m1/s1. The van der Waals surface area contributed by atoms with Crippen LogP contribution in [0.4, 0.5) is 0 Å². The van der Waals surface area contributed by atoms with Gasteiger partial charge < -0.3 is 15.9 Å². The van der Waals surface area contributed by atoms with Crippen LogP contribution in [0.15, 0.2) is 5.11 Å². The van der Waals surface area contributed by atoms with E-state index in [9.17, 15) is 9.59 Å². The van der Waals surface area contributed by atoms with E-state index in [0.29, 0.717) is 0 Å². The van der Waals surface area contributed by atoms with Gasteiger partial charge in [-0.1, -0.05) is 5.11 Å². The van der Waals surface area contributed by atoms with E-state index in [4.69, 9.17) is 21.5 Å². The second-order valence-electron chi connectivity index (χ2n) is 3.38. The molecular formula is C7H10N4O4. The van der Waals surface area contributed by atoms with Crippen molar-refractivity contribution < 1.29 is 19.8 Å². The molecule has 0 spiro atoms. The average molecular weight is 214 g/mol. The van der Waals surface area contributed by atoms with Crippen LogP contribution in [0.25, 0.3) is 10.4 Å². The van der Waals surface area contributed by atoms with E-state index < -0.39 is 35.7 Å². The SMILES string of the molecule is [N-]=[N+]=NC[C@H]1[C@H](C(=O)O)[C@H]1C(N)C(=O)O. The molecule has 0 heterocycles. The number of carbonyl (C=O) groups is 2. The summed E-state index contributed by atoms with van der Waals surface area (Å²) in [5.41, 5.74) is 13.4. The second-order valence-corrected chi connectivity index (χ2v) is 3.38. The van der Waals surface area contributed by atoms with Crippen molar-refractivity contribution >= 4 is 11.9 Å². The van der Waals surface area contributed by atoms with E-state index in [0.717, 1.165) is 0 Å². The number of carboxylic acid groups (broad SMARTS) is 2. The molecule has 0 saturated heterocycles. The predicted octanol–water partition coefficient (Wildman–Crippen LogP) is -0.345. The summed E-state index contributed by atoms with van der Waals surface area (Å²) >= 11 is 0. The molecule has 0 bridgehead atoms.